The highest BCUT2D eigenvalue weighted by molar-refractivity contribution is 9.10. The van der Waals surface area contributed by atoms with E-state index in [0.717, 1.165) is 4.47 Å². The normalized spacial score (nSPS) is 12.1. The van der Waals surface area contributed by atoms with Crippen molar-refractivity contribution >= 4 is 27.5 Å². The summed E-state index contributed by atoms with van der Waals surface area (Å²) in [6.45, 7) is 0. The first-order valence-electron chi connectivity index (χ1n) is 5.91. The number of aliphatic hydroxyl groups excluding tert-OH is 1. The molecular formula is C15H14BrClO3. The van der Waals surface area contributed by atoms with E-state index in [-0.39, 0.29) is 0 Å². The van der Waals surface area contributed by atoms with E-state index >= 15 is 0 Å². The van der Waals surface area contributed by atoms with Crippen LogP contribution in [0, 0.1) is 0 Å². The van der Waals surface area contributed by atoms with E-state index in [1.165, 1.54) is 0 Å². The van der Waals surface area contributed by atoms with Gasteiger partial charge in [-0.15, -0.1) is 0 Å². The zero-order valence-corrected chi connectivity index (χ0v) is 13.4. The highest BCUT2D eigenvalue weighted by Crippen LogP contribution is 2.36. The molecule has 2 rings (SSSR count). The van der Waals surface area contributed by atoms with Crippen molar-refractivity contribution in [3.63, 3.8) is 0 Å². The third kappa shape index (κ3) is 3.08. The van der Waals surface area contributed by atoms with Crippen LogP contribution in [0.5, 0.6) is 11.5 Å². The highest BCUT2D eigenvalue weighted by Gasteiger charge is 2.18. The van der Waals surface area contributed by atoms with Gasteiger partial charge in [-0.1, -0.05) is 33.6 Å². The summed E-state index contributed by atoms with van der Waals surface area (Å²) in [7, 11) is 3.13. The minimum absolute atomic E-state index is 0.491. The van der Waals surface area contributed by atoms with Crippen LogP contribution in [0.1, 0.15) is 17.2 Å². The van der Waals surface area contributed by atoms with Crippen LogP contribution in [0.4, 0.5) is 0 Å². The van der Waals surface area contributed by atoms with Gasteiger partial charge in [0.2, 0.25) is 0 Å². The smallest absolute Gasteiger partial charge is 0.128 e. The fourth-order valence-electron chi connectivity index (χ4n) is 1.94. The summed E-state index contributed by atoms with van der Waals surface area (Å²) in [5.41, 5.74) is 1.26. The van der Waals surface area contributed by atoms with Gasteiger partial charge in [0, 0.05) is 26.7 Å². The Kier molecular flexibility index (Phi) is 4.91. The lowest BCUT2D eigenvalue weighted by Gasteiger charge is -2.17. The lowest BCUT2D eigenvalue weighted by molar-refractivity contribution is 0.214. The summed E-state index contributed by atoms with van der Waals surface area (Å²) >= 11 is 9.51. The Morgan fingerprint density at radius 2 is 1.75 bits per heavy atom. The molecule has 0 saturated heterocycles. The molecule has 0 bridgehead atoms. The Balaban J connectivity index is 2.44. The lowest BCUT2D eigenvalue weighted by Crippen LogP contribution is -2.03. The van der Waals surface area contributed by atoms with Crippen LogP contribution in [0.25, 0.3) is 0 Å². The van der Waals surface area contributed by atoms with E-state index in [1.807, 2.05) is 6.07 Å². The van der Waals surface area contributed by atoms with Crippen molar-refractivity contribution in [1.82, 2.24) is 0 Å². The average molecular weight is 358 g/mol. The van der Waals surface area contributed by atoms with Gasteiger partial charge in [-0.3, -0.25) is 0 Å². The zero-order valence-electron chi connectivity index (χ0n) is 11.1. The number of halogens is 2. The molecule has 0 aliphatic heterocycles. The number of benzene rings is 2. The molecule has 0 aromatic heterocycles. The van der Waals surface area contributed by atoms with Gasteiger partial charge in [-0.2, -0.15) is 0 Å². The highest BCUT2D eigenvalue weighted by atomic mass is 79.9. The van der Waals surface area contributed by atoms with Crippen LogP contribution in [-0.2, 0) is 0 Å². The van der Waals surface area contributed by atoms with Crippen molar-refractivity contribution in [2.24, 2.45) is 0 Å². The average Bonchev–Trinajstić information content (AvgIpc) is 2.46. The predicted octanol–water partition coefficient (Wildman–Crippen LogP) is 4.20. The number of hydrogen-bond donors (Lipinski definition) is 1. The second-order valence-electron chi connectivity index (χ2n) is 4.18. The van der Waals surface area contributed by atoms with Gasteiger partial charge in [0.05, 0.1) is 14.2 Å². The molecule has 2 aromatic carbocycles. The Morgan fingerprint density at radius 3 is 2.35 bits per heavy atom. The lowest BCUT2D eigenvalue weighted by atomic mass is 10.0. The topological polar surface area (TPSA) is 38.7 Å². The first kappa shape index (κ1) is 15.2. The molecule has 5 heteroatoms. The van der Waals surface area contributed by atoms with E-state index < -0.39 is 6.10 Å². The summed E-state index contributed by atoms with van der Waals surface area (Å²) in [4.78, 5) is 0. The second-order valence-corrected chi connectivity index (χ2v) is 5.50. The molecule has 106 valence electrons. The molecule has 2 aromatic rings. The number of rotatable bonds is 4. The van der Waals surface area contributed by atoms with Gasteiger partial charge in [-0.25, -0.2) is 0 Å². The van der Waals surface area contributed by atoms with Crippen LogP contribution in [0.15, 0.2) is 40.9 Å². The molecule has 1 atom stereocenters. The molecule has 0 radical (unpaired) electrons. The van der Waals surface area contributed by atoms with E-state index in [2.05, 4.69) is 15.9 Å². The molecule has 0 aliphatic carbocycles. The van der Waals surface area contributed by atoms with E-state index in [1.54, 1.807) is 44.6 Å². The molecule has 0 aliphatic rings. The minimum Gasteiger partial charge on any atom is -0.497 e. The maximum atomic E-state index is 10.5. The zero-order chi connectivity index (χ0) is 14.7. The standard InChI is InChI=1S/C15H14BrClO3/c1-19-10-4-6-12(14(8-10)20-2)15(18)11-5-3-9(16)7-13(11)17/h3-8,15,18H,1-2H3. The molecular weight excluding hydrogens is 344 g/mol. The summed E-state index contributed by atoms with van der Waals surface area (Å²) in [6, 6.07) is 10.6. The first-order chi connectivity index (χ1) is 9.56. The van der Waals surface area contributed by atoms with Crippen molar-refractivity contribution in [2.75, 3.05) is 14.2 Å². The maximum Gasteiger partial charge on any atom is 0.128 e. The Bertz CT molecular complexity index is 616. The van der Waals surface area contributed by atoms with Gasteiger partial charge < -0.3 is 14.6 Å². The Morgan fingerprint density at radius 1 is 1.05 bits per heavy atom. The largest absolute Gasteiger partial charge is 0.497 e. The molecule has 0 saturated carbocycles. The number of ether oxygens (including phenoxy) is 2. The monoisotopic (exact) mass is 356 g/mol. The number of hydrogen-bond acceptors (Lipinski definition) is 3. The van der Waals surface area contributed by atoms with Crippen LogP contribution >= 0.6 is 27.5 Å². The summed E-state index contributed by atoms with van der Waals surface area (Å²) < 4.78 is 11.3. The molecule has 0 heterocycles. The van der Waals surface area contributed by atoms with E-state index in [4.69, 9.17) is 21.1 Å². The molecule has 0 amide bonds. The molecule has 0 spiro atoms. The van der Waals surface area contributed by atoms with Crippen molar-refractivity contribution < 1.29 is 14.6 Å². The molecule has 20 heavy (non-hydrogen) atoms. The third-order valence-electron chi connectivity index (χ3n) is 2.99. The van der Waals surface area contributed by atoms with Crippen molar-refractivity contribution in [3.05, 3.63) is 57.0 Å². The fraction of sp³-hybridized carbons (Fsp3) is 0.200. The molecule has 0 fully saturated rings. The number of methoxy groups -OCH3 is 2. The molecule has 1 unspecified atom stereocenters. The van der Waals surface area contributed by atoms with Crippen molar-refractivity contribution in [3.8, 4) is 11.5 Å². The van der Waals surface area contributed by atoms with Gasteiger partial charge in [-0.05, 0) is 24.3 Å². The quantitative estimate of drug-likeness (QED) is 0.891. The first-order valence-corrected chi connectivity index (χ1v) is 7.09. The number of aliphatic hydroxyl groups is 1. The van der Waals surface area contributed by atoms with Crippen molar-refractivity contribution in [1.29, 1.82) is 0 Å². The second kappa shape index (κ2) is 6.48. The Labute approximate surface area is 131 Å². The van der Waals surface area contributed by atoms with E-state index in [0.29, 0.717) is 27.6 Å². The van der Waals surface area contributed by atoms with Crippen LogP contribution in [-0.4, -0.2) is 19.3 Å². The molecule has 3 nitrogen and oxygen atoms in total. The van der Waals surface area contributed by atoms with Crippen LogP contribution < -0.4 is 9.47 Å². The van der Waals surface area contributed by atoms with Crippen molar-refractivity contribution in [2.45, 2.75) is 6.10 Å². The maximum absolute atomic E-state index is 10.5. The SMILES string of the molecule is COc1ccc(C(O)c2ccc(Br)cc2Cl)c(OC)c1. The Hall–Kier alpha value is -1.23. The minimum atomic E-state index is -0.864. The summed E-state index contributed by atoms with van der Waals surface area (Å²) in [5, 5.41) is 11.0. The van der Waals surface area contributed by atoms with Gasteiger partial charge in [0.15, 0.2) is 0 Å². The summed E-state index contributed by atoms with van der Waals surface area (Å²) in [6.07, 6.45) is -0.864. The third-order valence-corrected chi connectivity index (χ3v) is 3.81. The predicted molar refractivity (Wildman–Crippen MR) is 82.8 cm³/mol. The fourth-order valence-corrected chi connectivity index (χ4v) is 2.71. The summed E-state index contributed by atoms with van der Waals surface area (Å²) in [5.74, 6) is 1.22. The van der Waals surface area contributed by atoms with Gasteiger partial charge >= 0.3 is 0 Å². The van der Waals surface area contributed by atoms with Gasteiger partial charge in [0.1, 0.15) is 17.6 Å². The van der Waals surface area contributed by atoms with Crippen LogP contribution in [0.2, 0.25) is 5.02 Å². The van der Waals surface area contributed by atoms with Crippen LogP contribution in [0.3, 0.4) is 0 Å². The molecule has 1 N–H and O–H groups in total. The van der Waals surface area contributed by atoms with E-state index in [9.17, 15) is 5.11 Å². The van der Waals surface area contributed by atoms with Gasteiger partial charge in [0.25, 0.3) is 0 Å².